The second-order valence-electron chi connectivity index (χ2n) is 6.38. The summed E-state index contributed by atoms with van der Waals surface area (Å²) in [5, 5.41) is 0. The lowest BCUT2D eigenvalue weighted by Gasteiger charge is -2.18. The van der Waals surface area contributed by atoms with Crippen LogP contribution in [0.25, 0.3) is 11.1 Å². The summed E-state index contributed by atoms with van der Waals surface area (Å²) in [7, 11) is 1.53. The highest BCUT2D eigenvalue weighted by Crippen LogP contribution is 2.44. The summed E-state index contributed by atoms with van der Waals surface area (Å²) in [4.78, 5) is 12.6. The number of esters is 1. The Morgan fingerprint density at radius 2 is 1.38 bits per heavy atom. The van der Waals surface area contributed by atoms with E-state index in [1.165, 1.54) is 29.4 Å². The minimum atomic E-state index is -0.705. The van der Waals surface area contributed by atoms with Crippen molar-refractivity contribution >= 4 is 5.97 Å². The maximum atomic E-state index is 12.6. The van der Waals surface area contributed by atoms with Crippen molar-refractivity contribution in [2.75, 3.05) is 13.7 Å². The Balaban J connectivity index is 1.55. The van der Waals surface area contributed by atoms with E-state index >= 15 is 0 Å². The predicted molar refractivity (Wildman–Crippen MR) is 101 cm³/mol. The number of fused-ring (bicyclic) bond motifs is 3. The molecule has 0 N–H and O–H groups in total. The Bertz CT molecular complexity index is 872. The maximum absolute atomic E-state index is 12.6. The topological polar surface area (TPSA) is 35.5 Å². The molecule has 3 aromatic rings. The van der Waals surface area contributed by atoms with Crippen LogP contribution in [0.4, 0.5) is 0 Å². The third kappa shape index (κ3) is 2.91. The van der Waals surface area contributed by atoms with Crippen LogP contribution in [0.15, 0.2) is 78.9 Å². The van der Waals surface area contributed by atoms with Gasteiger partial charge >= 0.3 is 5.97 Å². The fourth-order valence-electron chi connectivity index (χ4n) is 3.68. The van der Waals surface area contributed by atoms with Crippen molar-refractivity contribution in [3.05, 3.63) is 95.6 Å². The zero-order valence-electron chi connectivity index (χ0n) is 14.6. The van der Waals surface area contributed by atoms with Crippen molar-refractivity contribution in [3.8, 4) is 11.1 Å². The van der Waals surface area contributed by atoms with Gasteiger partial charge in [-0.3, -0.25) is 0 Å². The van der Waals surface area contributed by atoms with Crippen LogP contribution in [0.2, 0.25) is 0 Å². The Hall–Kier alpha value is -2.91. The van der Waals surface area contributed by atoms with Crippen molar-refractivity contribution in [2.45, 2.75) is 12.0 Å². The molecule has 0 aliphatic heterocycles. The van der Waals surface area contributed by atoms with Crippen molar-refractivity contribution in [2.24, 2.45) is 0 Å². The van der Waals surface area contributed by atoms with E-state index in [9.17, 15) is 4.79 Å². The number of methoxy groups -OCH3 is 1. The molecular weight excluding hydrogens is 324 g/mol. The van der Waals surface area contributed by atoms with Crippen LogP contribution >= 0.6 is 0 Å². The van der Waals surface area contributed by atoms with Gasteiger partial charge in [0.2, 0.25) is 0 Å². The van der Waals surface area contributed by atoms with Gasteiger partial charge in [-0.15, -0.1) is 0 Å². The van der Waals surface area contributed by atoms with E-state index in [1.54, 1.807) is 0 Å². The molecule has 1 atom stereocenters. The number of rotatable bonds is 5. The summed E-state index contributed by atoms with van der Waals surface area (Å²) in [6.07, 6.45) is -0.705. The molecule has 0 aromatic heterocycles. The van der Waals surface area contributed by atoms with Gasteiger partial charge in [-0.1, -0.05) is 78.9 Å². The average Bonchev–Trinajstić information content (AvgIpc) is 3.02. The van der Waals surface area contributed by atoms with Crippen LogP contribution in [-0.4, -0.2) is 19.7 Å². The van der Waals surface area contributed by atoms with Crippen LogP contribution in [-0.2, 0) is 14.3 Å². The molecule has 0 bridgehead atoms. The van der Waals surface area contributed by atoms with E-state index in [-0.39, 0.29) is 11.9 Å². The molecule has 0 fully saturated rings. The van der Waals surface area contributed by atoms with Gasteiger partial charge in [-0.2, -0.15) is 0 Å². The second-order valence-corrected chi connectivity index (χ2v) is 6.38. The van der Waals surface area contributed by atoms with Crippen LogP contribution in [0.1, 0.15) is 28.7 Å². The lowest BCUT2D eigenvalue weighted by Crippen LogP contribution is -2.20. The van der Waals surface area contributed by atoms with Crippen LogP contribution < -0.4 is 0 Å². The molecule has 3 aromatic carbocycles. The highest BCUT2D eigenvalue weighted by atomic mass is 16.6. The number of ether oxygens (including phenoxy) is 2. The number of carbonyl (C=O) groups excluding carboxylic acids is 1. The molecule has 0 saturated heterocycles. The molecule has 1 aliphatic rings. The molecule has 0 heterocycles. The second kappa shape index (κ2) is 7.14. The van der Waals surface area contributed by atoms with Gasteiger partial charge in [-0.05, 0) is 27.8 Å². The molecule has 3 heteroatoms. The Morgan fingerprint density at radius 1 is 0.846 bits per heavy atom. The van der Waals surface area contributed by atoms with Gasteiger partial charge < -0.3 is 9.47 Å². The molecule has 0 amide bonds. The first-order chi connectivity index (χ1) is 12.8. The molecule has 130 valence electrons. The van der Waals surface area contributed by atoms with E-state index in [1.807, 2.05) is 54.6 Å². The van der Waals surface area contributed by atoms with Crippen molar-refractivity contribution in [1.82, 2.24) is 0 Å². The van der Waals surface area contributed by atoms with Gasteiger partial charge in [0.05, 0.1) is 0 Å². The quantitative estimate of drug-likeness (QED) is 0.628. The molecule has 3 nitrogen and oxygen atoms in total. The summed E-state index contributed by atoms with van der Waals surface area (Å²) >= 11 is 0. The molecule has 1 unspecified atom stereocenters. The molecule has 0 radical (unpaired) electrons. The van der Waals surface area contributed by atoms with E-state index in [0.29, 0.717) is 6.61 Å². The summed E-state index contributed by atoms with van der Waals surface area (Å²) in [6.45, 7) is 0.305. The highest BCUT2D eigenvalue weighted by Gasteiger charge is 2.30. The van der Waals surface area contributed by atoms with Crippen molar-refractivity contribution in [3.63, 3.8) is 0 Å². The third-order valence-electron chi connectivity index (χ3n) is 4.91. The molecule has 26 heavy (non-hydrogen) atoms. The van der Waals surface area contributed by atoms with Crippen LogP contribution in [0, 0.1) is 0 Å². The lowest BCUT2D eigenvalue weighted by molar-refractivity contribution is -0.156. The molecular formula is C23H20O3. The molecule has 1 aliphatic carbocycles. The van der Waals surface area contributed by atoms with Gasteiger partial charge in [0.15, 0.2) is 6.10 Å². The number of carbonyl (C=O) groups is 1. The van der Waals surface area contributed by atoms with Crippen LogP contribution in [0.5, 0.6) is 0 Å². The fraction of sp³-hybridized carbons (Fsp3) is 0.174. The van der Waals surface area contributed by atoms with E-state index in [4.69, 9.17) is 9.47 Å². The number of hydrogen-bond acceptors (Lipinski definition) is 3. The number of benzene rings is 3. The molecule has 0 spiro atoms. The number of hydrogen-bond donors (Lipinski definition) is 0. The SMILES string of the molecule is COC(C(=O)OCC1c2ccccc2-c2ccccc21)c1ccccc1. The summed E-state index contributed by atoms with van der Waals surface area (Å²) in [6, 6.07) is 26.0. The summed E-state index contributed by atoms with van der Waals surface area (Å²) in [5.41, 5.74) is 5.64. The maximum Gasteiger partial charge on any atom is 0.339 e. The monoisotopic (exact) mass is 344 g/mol. The molecule has 0 saturated carbocycles. The smallest absolute Gasteiger partial charge is 0.339 e. The minimum Gasteiger partial charge on any atom is -0.462 e. The van der Waals surface area contributed by atoms with Crippen LogP contribution in [0.3, 0.4) is 0 Å². The summed E-state index contributed by atoms with van der Waals surface area (Å²) < 4.78 is 11.1. The minimum absolute atomic E-state index is 0.0552. The van der Waals surface area contributed by atoms with Crippen molar-refractivity contribution in [1.29, 1.82) is 0 Å². The van der Waals surface area contributed by atoms with Gasteiger partial charge in [0.1, 0.15) is 6.61 Å². The lowest BCUT2D eigenvalue weighted by atomic mass is 9.98. The van der Waals surface area contributed by atoms with E-state index in [0.717, 1.165) is 5.56 Å². The standard InChI is InChI=1S/C23H20O3/c1-25-22(16-9-3-2-4-10-16)23(24)26-15-21-19-13-7-5-11-17(19)18-12-6-8-14-20(18)21/h2-14,21-22H,15H2,1H3. The fourth-order valence-corrected chi connectivity index (χ4v) is 3.68. The zero-order chi connectivity index (χ0) is 17.9. The highest BCUT2D eigenvalue weighted by molar-refractivity contribution is 5.80. The first-order valence-corrected chi connectivity index (χ1v) is 8.72. The normalized spacial score (nSPS) is 13.7. The zero-order valence-corrected chi connectivity index (χ0v) is 14.6. The first kappa shape index (κ1) is 16.6. The predicted octanol–water partition coefficient (Wildman–Crippen LogP) is 4.73. The Labute approximate surface area is 153 Å². The van der Waals surface area contributed by atoms with Crippen molar-refractivity contribution < 1.29 is 14.3 Å². The third-order valence-corrected chi connectivity index (χ3v) is 4.91. The Morgan fingerprint density at radius 3 is 1.96 bits per heavy atom. The van der Waals surface area contributed by atoms with Gasteiger partial charge in [0.25, 0.3) is 0 Å². The van der Waals surface area contributed by atoms with Gasteiger partial charge in [-0.25, -0.2) is 4.79 Å². The molecule has 4 rings (SSSR count). The van der Waals surface area contributed by atoms with E-state index < -0.39 is 6.10 Å². The Kier molecular flexibility index (Phi) is 4.55. The largest absolute Gasteiger partial charge is 0.462 e. The average molecular weight is 344 g/mol. The summed E-state index contributed by atoms with van der Waals surface area (Å²) in [5.74, 6) is -0.305. The van der Waals surface area contributed by atoms with Gasteiger partial charge in [0, 0.05) is 13.0 Å². The first-order valence-electron chi connectivity index (χ1n) is 8.72. The van der Waals surface area contributed by atoms with E-state index in [2.05, 4.69) is 24.3 Å².